The summed E-state index contributed by atoms with van der Waals surface area (Å²) in [4.78, 5) is 35.9. The summed E-state index contributed by atoms with van der Waals surface area (Å²) in [6.45, 7) is 0.332. The highest BCUT2D eigenvalue weighted by Crippen LogP contribution is 2.36. The predicted octanol–water partition coefficient (Wildman–Crippen LogP) is 2.13. The van der Waals surface area contributed by atoms with Crippen LogP contribution in [0.1, 0.15) is 16.8 Å². The van der Waals surface area contributed by atoms with E-state index in [4.69, 9.17) is 0 Å². The highest BCUT2D eigenvalue weighted by Gasteiger charge is 2.36. The van der Waals surface area contributed by atoms with Gasteiger partial charge < -0.3 is 9.64 Å². The lowest BCUT2D eigenvalue weighted by molar-refractivity contribution is -0.384. The monoisotopic (exact) mass is 356 g/mol. The first-order valence-electron chi connectivity index (χ1n) is 6.21. The van der Waals surface area contributed by atoms with Crippen molar-refractivity contribution in [2.75, 3.05) is 23.9 Å². The number of carbonyl (C=O) groups excluding carboxylic acids is 2. The second kappa shape index (κ2) is 6.21. The third-order valence-corrected chi connectivity index (χ3v) is 4.23. The molecule has 1 aromatic rings. The van der Waals surface area contributed by atoms with Gasteiger partial charge in [0.05, 0.1) is 17.6 Å². The molecule has 1 amide bonds. The van der Waals surface area contributed by atoms with Crippen LogP contribution in [-0.2, 0) is 9.53 Å². The van der Waals surface area contributed by atoms with Gasteiger partial charge in [0, 0.05) is 24.4 Å². The van der Waals surface area contributed by atoms with Crippen LogP contribution < -0.4 is 4.90 Å². The zero-order chi connectivity index (χ0) is 15.6. The molecule has 1 aliphatic heterocycles. The maximum absolute atomic E-state index is 12.1. The zero-order valence-corrected chi connectivity index (χ0v) is 12.8. The number of benzene rings is 1. The molecule has 0 aromatic heterocycles. The number of ether oxygens (including phenoxy) is 1. The molecule has 7 nitrogen and oxygen atoms in total. The minimum absolute atomic E-state index is 0.0165. The Kier molecular flexibility index (Phi) is 4.56. The number of nitro groups is 1. The first kappa shape index (κ1) is 15.4. The number of carbonyl (C=O) groups is 2. The van der Waals surface area contributed by atoms with E-state index in [0.717, 1.165) is 0 Å². The van der Waals surface area contributed by atoms with Gasteiger partial charge in [0.2, 0.25) is 5.91 Å². The van der Waals surface area contributed by atoms with Crippen LogP contribution in [0.15, 0.2) is 18.2 Å². The summed E-state index contributed by atoms with van der Waals surface area (Å²) in [5, 5.41) is 11.8. The Morgan fingerprint density at radius 2 is 2.29 bits per heavy atom. The number of nitro benzene ring substituents is 1. The Morgan fingerprint density at radius 1 is 1.57 bits per heavy atom. The van der Waals surface area contributed by atoms with Crippen molar-refractivity contribution in [1.29, 1.82) is 0 Å². The van der Waals surface area contributed by atoms with Crippen LogP contribution in [0.5, 0.6) is 0 Å². The molecule has 8 heteroatoms. The number of halogens is 1. The van der Waals surface area contributed by atoms with E-state index in [1.165, 1.54) is 30.2 Å². The van der Waals surface area contributed by atoms with Crippen molar-refractivity contribution in [3.05, 3.63) is 33.9 Å². The number of nitrogens with zero attached hydrogens (tertiary/aromatic N) is 2. The summed E-state index contributed by atoms with van der Waals surface area (Å²) in [5.41, 5.74) is -0.237. The van der Waals surface area contributed by atoms with Crippen LogP contribution in [0, 0.1) is 16.0 Å². The van der Waals surface area contributed by atoms with Crippen molar-refractivity contribution < 1.29 is 19.2 Å². The molecular weight excluding hydrogens is 344 g/mol. The Bertz CT molecular complexity index is 604. The summed E-state index contributed by atoms with van der Waals surface area (Å²) >= 11 is 3.31. The summed E-state index contributed by atoms with van der Waals surface area (Å²) in [7, 11) is 1.19. The standard InChI is InChI=1S/C13H13BrN2O5/c1-21-13(18)9-3-2-4-10(16(19)20)12(9)15-7-8(6-14)5-11(15)17/h2-4,8H,5-7H2,1H3. The van der Waals surface area contributed by atoms with Gasteiger partial charge >= 0.3 is 5.97 Å². The van der Waals surface area contributed by atoms with Gasteiger partial charge in [-0.25, -0.2) is 4.79 Å². The van der Waals surface area contributed by atoms with E-state index < -0.39 is 10.9 Å². The molecule has 2 rings (SSSR count). The van der Waals surface area contributed by atoms with Crippen LogP contribution in [-0.4, -0.2) is 35.8 Å². The summed E-state index contributed by atoms with van der Waals surface area (Å²) in [6, 6.07) is 4.09. The first-order valence-corrected chi connectivity index (χ1v) is 7.33. The SMILES string of the molecule is COC(=O)c1cccc([N+](=O)[O-])c1N1CC(CBr)CC1=O. The van der Waals surface area contributed by atoms with E-state index in [1.54, 1.807) is 0 Å². The molecule has 1 saturated heterocycles. The molecule has 1 heterocycles. The predicted molar refractivity (Wildman–Crippen MR) is 78.7 cm³/mol. The Labute approximate surface area is 129 Å². The lowest BCUT2D eigenvalue weighted by Crippen LogP contribution is -2.27. The minimum atomic E-state index is -0.705. The fourth-order valence-electron chi connectivity index (χ4n) is 2.34. The Hall–Kier alpha value is -1.96. The maximum Gasteiger partial charge on any atom is 0.340 e. The highest BCUT2D eigenvalue weighted by atomic mass is 79.9. The van der Waals surface area contributed by atoms with E-state index in [9.17, 15) is 19.7 Å². The smallest absolute Gasteiger partial charge is 0.340 e. The van der Waals surface area contributed by atoms with Gasteiger partial charge in [-0.2, -0.15) is 0 Å². The molecule has 0 aliphatic carbocycles. The van der Waals surface area contributed by atoms with Crippen molar-refractivity contribution in [3.8, 4) is 0 Å². The van der Waals surface area contributed by atoms with Gasteiger partial charge in [0.25, 0.3) is 5.69 Å². The molecule has 0 spiro atoms. The maximum atomic E-state index is 12.1. The second-order valence-electron chi connectivity index (χ2n) is 4.65. The molecule has 112 valence electrons. The molecule has 21 heavy (non-hydrogen) atoms. The molecule has 1 unspecified atom stereocenters. The van der Waals surface area contributed by atoms with Crippen LogP contribution in [0.4, 0.5) is 11.4 Å². The van der Waals surface area contributed by atoms with Crippen molar-refractivity contribution >= 4 is 39.2 Å². The summed E-state index contributed by atoms with van der Waals surface area (Å²) in [5.74, 6) is -0.884. The Balaban J connectivity index is 2.57. The summed E-state index contributed by atoms with van der Waals surface area (Å²) in [6.07, 6.45) is 0.290. The van der Waals surface area contributed by atoms with E-state index in [-0.39, 0.29) is 35.2 Å². The number of amides is 1. The van der Waals surface area contributed by atoms with Crippen LogP contribution in [0.25, 0.3) is 0 Å². The molecule has 1 aromatic carbocycles. The molecule has 1 aliphatic rings. The zero-order valence-electron chi connectivity index (χ0n) is 11.2. The third-order valence-electron chi connectivity index (χ3n) is 3.31. The van der Waals surface area contributed by atoms with Gasteiger partial charge in [-0.05, 0) is 12.0 Å². The van der Waals surface area contributed by atoms with Crippen LogP contribution in [0.3, 0.4) is 0 Å². The van der Waals surface area contributed by atoms with E-state index in [0.29, 0.717) is 11.9 Å². The van der Waals surface area contributed by atoms with Gasteiger partial charge in [-0.1, -0.05) is 22.0 Å². The number of alkyl halides is 1. The normalized spacial score (nSPS) is 17.9. The largest absolute Gasteiger partial charge is 0.465 e. The van der Waals surface area contributed by atoms with E-state index in [2.05, 4.69) is 20.7 Å². The lowest BCUT2D eigenvalue weighted by atomic mass is 10.1. The van der Waals surface area contributed by atoms with Crippen molar-refractivity contribution in [1.82, 2.24) is 0 Å². The highest BCUT2D eigenvalue weighted by molar-refractivity contribution is 9.09. The number of rotatable bonds is 4. The minimum Gasteiger partial charge on any atom is -0.465 e. The van der Waals surface area contributed by atoms with E-state index >= 15 is 0 Å². The van der Waals surface area contributed by atoms with Crippen LogP contribution >= 0.6 is 15.9 Å². The van der Waals surface area contributed by atoms with Crippen molar-refractivity contribution in [3.63, 3.8) is 0 Å². The molecule has 1 atom stereocenters. The fourth-order valence-corrected chi connectivity index (χ4v) is 2.77. The van der Waals surface area contributed by atoms with Gasteiger partial charge in [0.15, 0.2) is 0 Å². The quantitative estimate of drug-likeness (QED) is 0.356. The second-order valence-corrected chi connectivity index (χ2v) is 5.30. The first-order chi connectivity index (χ1) is 9.99. The fraction of sp³-hybridized carbons (Fsp3) is 0.385. The van der Waals surface area contributed by atoms with Gasteiger partial charge in [-0.15, -0.1) is 0 Å². The van der Waals surface area contributed by atoms with E-state index in [1.807, 2.05) is 0 Å². The molecule has 0 radical (unpaired) electrons. The lowest BCUT2D eigenvalue weighted by Gasteiger charge is -2.19. The third kappa shape index (κ3) is 2.90. The number of hydrogen-bond donors (Lipinski definition) is 0. The van der Waals surface area contributed by atoms with Crippen molar-refractivity contribution in [2.24, 2.45) is 5.92 Å². The summed E-state index contributed by atoms with van der Waals surface area (Å²) < 4.78 is 4.65. The average Bonchev–Trinajstić information content (AvgIpc) is 2.86. The van der Waals surface area contributed by atoms with Crippen LogP contribution in [0.2, 0.25) is 0 Å². The number of anilines is 1. The molecule has 0 bridgehead atoms. The molecule has 1 fully saturated rings. The van der Waals surface area contributed by atoms with Gasteiger partial charge in [0.1, 0.15) is 5.69 Å². The van der Waals surface area contributed by atoms with Crippen molar-refractivity contribution in [2.45, 2.75) is 6.42 Å². The van der Waals surface area contributed by atoms with Gasteiger partial charge in [-0.3, -0.25) is 14.9 Å². The number of para-hydroxylation sites is 1. The molecule has 0 saturated carbocycles. The number of esters is 1. The topological polar surface area (TPSA) is 89.8 Å². The molecular formula is C13H13BrN2O5. The number of methoxy groups -OCH3 is 1. The number of hydrogen-bond acceptors (Lipinski definition) is 5. The molecule has 0 N–H and O–H groups in total. The average molecular weight is 357 g/mol. The Morgan fingerprint density at radius 3 is 2.81 bits per heavy atom.